The number of para-hydroxylation sites is 2. The van der Waals surface area contributed by atoms with Crippen molar-refractivity contribution in [3.05, 3.63) is 95.3 Å². The van der Waals surface area contributed by atoms with Crippen molar-refractivity contribution < 1.29 is 0 Å². The Hall–Kier alpha value is -2.27. The zero-order chi connectivity index (χ0) is 19.8. The molecule has 4 rings (SSSR count). The van der Waals surface area contributed by atoms with Gasteiger partial charge in [0.25, 0.3) is 0 Å². The van der Waals surface area contributed by atoms with E-state index in [-0.39, 0.29) is 6.04 Å². The molecule has 0 aliphatic carbocycles. The third kappa shape index (κ3) is 5.38. The fourth-order valence-corrected chi connectivity index (χ4v) is 3.69. The molecule has 1 heterocycles. The zero-order valence-electron chi connectivity index (χ0n) is 16.0. The van der Waals surface area contributed by atoms with Crippen LogP contribution in [-0.4, -0.2) is 9.97 Å². The fraction of sp³-hybridized carbons (Fsp3) is 0.174. The van der Waals surface area contributed by atoms with Crippen LogP contribution in [-0.2, 0) is 6.42 Å². The van der Waals surface area contributed by atoms with Gasteiger partial charge in [0.1, 0.15) is 5.82 Å². The van der Waals surface area contributed by atoms with Crippen molar-refractivity contribution in [3.63, 3.8) is 0 Å². The van der Waals surface area contributed by atoms with Crippen molar-refractivity contribution in [2.75, 3.05) is 0 Å². The van der Waals surface area contributed by atoms with Gasteiger partial charge >= 0.3 is 0 Å². The number of nitrogens with zero attached hydrogens (tertiary/aromatic N) is 1. The molecule has 1 unspecified atom stereocenters. The Kier molecular flexibility index (Phi) is 7.54. The summed E-state index contributed by atoms with van der Waals surface area (Å²) >= 11 is 7.57. The molecule has 5 heteroatoms. The molecule has 4 aromatic rings. The third-order valence-electron chi connectivity index (χ3n) is 4.15. The van der Waals surface area contributed by atoms with Crippen molar-refractivity contribution in [1.82, 2.24) is 14.7 Å². The second-order valence-corrected chi connectivity index (χ2v) is 7.40. The predicted molar refractivity (Wildman–Crippen MR) is 121 cm³/mol. The first-order valence-electron chi connectivity index (χ1n) is 9.44. The molecule has 3 aromatic carbocycles. The van der Waals surface area contributed by atoms with E-state index in [1.165, 1.54) is 5.56 Å². The minimum Gasteiger partial charge on any atom is -0.341 e. The highest BCUT2D eigenvalue weighted by atomic mass is 35.5. The van der Waals surface area contributed by atoms with Crippen LogP contribution < -0.4 is 4.72 Å². The van der Waals surface area contributed by atoms with Gasteiger partial charge in [0.15, 0.2) is 0 Å². The largest absolute Gasteiger partial charge is 0.341 e. The van der Waals surface area contributed by atoms with Crippen LogP contribution in [0.4, 0.5) is 0 Å². The lowest BCUT2D eigenvalue weighted by Crippen LogP contribution is -2.18. The highest BCUT2D eigenvalue weighted by Crippen LogP contribution is 2.25. The smallest absolute Gasteiger partial charge is 0.125 e. The average Bonchev–Trinajstić information content (AvgIpc) is 3.19. The van der Waals surface area contributed by atoms with Crippen molar-refractivity contribution in [2.24, 2.45) is 0 Å². The van der Waals surface area contributed by atoms with Gasteiger partial charge in [-0.15, -0.1) is 0 Å². The molecular formula is C23H24ClN3S. The standard InChI is InChI=1S/C21H18ClN3S.C2H6/c22-16-10-12-17(13-11-16)26-25-20(14-15-6-2-1-3-7-15)21-23-18-8-4-5-9-19(18)24-21;1-2/h1-13,20,25H,14H2,(H,23,24);1-2H3. The molecule has 0 radical (unpaired) electrons. The average molecular weight is 410 g/mol. The van der Waals surface area contributed by atoms with Gasteiger partial charge in [-0.05, 0) is 60.3 Å². The van der Waals surface area contributed by atoms with Crippen LogP contribution in [0.25, 0.3) is 11.0 Å². The monoisotopic (exact) mass is 409 g/mol. The Morgan fingerprint density at radius 1 is 0.929 bits per heavy atom. The summed E-state index contributed by atoms with van der Waals surface area (Å²) in [6.07, 6.45) is 0.848. The third-order valence-corrected chi connectivity index (χ3v) is 5.32. The number of benzene rings is 3. The number of halogens is 1. The maximum atomic E-state index is 5.98. The van der Waals surface area contributed by atoms with Crippen LogP contribution in [0.3, 0.4) is 0 Å². The minimum absolute atomic E-state index is 0.0606. The molecule has 0 saturated carbocycles. The predicted octanol–water partition coefficient (Wildman–Crippen LogP) is 6.82. The highest BCUT2D eigenvalue weighted by molar-refractivity contribution is 7.97. The molecule has 28 heavy (non-hydrogen) atoms. The molecule has 0 bridgehead atoms. The highest BCUT2D eigenvalue weighted by Gasteiger charge is 2.17. The van der Waals surface area contributed by atoms with E-state index in [2.05, 4.69) is 40.0 Å². The quantitative estimate of drug-likeness (QED) is 0.343. The Morgan fingerprint density at radius 2 is 1.61 bits per heavy atom. The molecule has 1 aromatic heterocycles. The van der Waals surface area contributed by atoms with Crippen LogP contribution in [0, 0.1) is 0 Å². The van der Waals surface area contributed by atoms with Gasteiger partial charge in [-0.2, -0.15) is 0 Å². The normalized spacial score (nSPS) is 11.7. The fourth-order valence-electron chi connectivity index (χ4n) is 2.82. The lowest BCUT2D eigenvalue weighted by atomic mass is 10.1. The molecule has 2 N–H and O–H groups in total. The topological polar surface area (TPSA) is 40.7 Å². The van der Waals surface area contributed by atoms with Crippen molar-refractivity contribution >= 4 is 34.6 Å². The van der Waals surface area contributed by atoms with Gasteiger partial charge in [0.2, 0.25) is 0 Å². The summed E-state index contributed by atoms with van der Waals surface area (Å²) in [6, 6.07) is 26.5. The van der Waals surface area contributed by atoms with Crippen molar-refractivity contribution in [1.29, 1.82) is 0 Å². The molecule has 1 atom stereocenters. The summed E-state index contributed by atoms with van der Waals surface area (Å²) < 4.78 is 3.56. The number of fused-ring (bicyclic) bond motifs is 1. The lowest BCUT2D eigenvalue weighted by molar-refractivity contribution is 0.636. The Morgan fingerprint density at radius 3 is 2.32 bits per heavy atom. The van der Waals surface area contributed by atoms with Crippen LogP contribution in [0.5, 0.6) is 0 Å². The van der Waals surface area contributed by atoms with Crippen LogP contribution in [0.1, 0.15) is 31.3 Å². The molecule has 0 aliphatic heterocycles. The molecular weight excluding hydrogens is 386 g/mol. The molecule has 3 nitrogen and oxygen atoms in total. The Labute approximate surface area is 175 Å². The van der Waals surface area contributed by atoms with E-state index in [1.807, 2.05) is 62.4 Å². The number of rotatable bonds is 6. The first-order valence-corrected chi connectivity index (χ1v) is 10.6. The van der Waals surface area contributed by atoms with Gasteiger partial charge in [-0.1, -0.05) is 67.9 Å². The lowest BCUT2D eigenvalue weighted by Gasteiger charge is -2.16. The van der Waals surface area contributed by atoms with Crippen LogP contribution in [0.2, 0.25) is 5.02 Å². The SMILES string of the molecule is CC.Clc1ccc(SNC(Cc2ccccc2)c2nc3ccccc3[nH]2)cc1. The number of aromatic amines is 1. The number of imidazole rings is 1. The zero-order valence-corrected chi connectivity index (χ0v) is 17.6. The minimum atomic E-state index is 0.0606. The van der Waals surface area contributed by atoms with E-state index in [0.717, 1.165) is 33.2 Å². The first-order chi connectivity index (χ1) is 13.8. The number of H-pyrrole nitrogens is 1. The second kappa shape index (κ2) is 10.3. The molecule has 0 saturated heterocycles. The molecule has 0 aliphatic rings. The van der Waals surface area contributed by atoms with E-state index >= 15 is 0 Å². The second-order valence-electron chi connectivity index (χ2n) is 6.06. The summed E-state index contributed by atoms with van der Waals surface area (Å²) in [5.41, 5.74) is 3.31. The van der Waals surface area contributed by atoms with E-state index in [9.17, 15) is 0 Å². The van der Waals surface area contributed by atoms with Gasteiger partial charge in [-0.3, -0.25) is 0 Å². The van der Waals surface area contributed by atoms with Gasteiger partial charge < -0.3 is 4.98 Å². The molecule has 144 valence electrons. The summed E-state index contributed by atoms with van der Waals surface area (Å²) in [7, 11) is 0. The Balaban J connectivity index is 0.00000109. The number of nitrogens with one attached hydrogen (secondary N) is 2. The summed E-state index contributed by atoms with van der Waals surface area (Å²) in [5.74, 6) is 0.941. The van der Waals surface area contributed by atoms with Crippen molar-refractivity contribution in [2.45, 2.75) is 31.2 Å². The Bertz CT molecular complexity index is 951. The number of hydrogen-bond donors (Lipinski definition) is 2. The van der Waals surface area contributed by atoms with Gasteiger partial charge in [0, 0.05) is 9.92 Å². The maximum absolute atomic E-state index is 5.98. The summed E-state index contributed by atoms with van der Waals surface area (Å²) in [5, 5.41) is 0.743. The first kappa shape index (κ1) is 20.5. The van der Waals surface area contributed by atoms with E-state index < -0.39 is 0 Å². The number of hydrogen-bond acceptors (Lipinski definition) is 3. The van der Waals surface area contributed by atoms with Gasteiger partial charge in [0.05, 0.1) is 17.1 Å². The molecule has 0 fully saturated rings. The number of aromatic nitrogens is 2. The van der Waals surface area contributed by atoms with Gasteiger partial charge in [-0.25, -0.2) is 9.71 Å². The molecule has 0 spiro atoms. The van der Waals surface area contributed by atoms with Crippen molar-refractivity contribution in [3.8, 4) is 0 Å². The van der Waals surface area contributed by atoms with E-state index in [0.29, 0.717) is 0 Å². The summed E-state index contributed by atoms with van der Waals surface area (Å²) in [4.78, 5) is 9.35. The maximum Gasteiger partial charge on any atom is 0.125 e. The summed E-state index contributed by atoms with van der Waals surface area (Å²) in [6.45, 7) is 4.00. The van der Waals surface area contributed by atoms with Crippen LogP contribution >= 0.6 is 23.5 Å². The van der Waals surface area contributed by atoms with Crippen LogP contribution in [0.15, 0.2) is 83.8 Å². The van der Waals surface area contributed by atoms with E-state index in [1.54, 1.807) is 11.9 Å². The molecule has 0 amide bonds. The van der Waals surface area contributed by atoms with E-state index in [4.69, 9.17) is 16.6 Å².